The number of ether oxygens (including phenoxy) is 1. The summed E-state index contributed by atoms with van der Waals surface area (Å²) in [4.78, 5) is 29.1. The molecule has 0 bridgehead atoms. The zero-order valence-corrected chi connectivity index (χ0v) is 16.0. The Morgan fingerprint density at radius 2 is 2.00 bits per heavy atom. The van der Waals surface area contributed by atoms with Gasteiger partial charge in [0.25, 0.3) is 0 Å². The first-order valence-corrected chi connectivity index (χ1v) is 9.38. The molecule has 0 saturated carbocycles. The maximum atomic E-state index is 12.2. The first-order chi connectivity index (χ1) is 13.2. The Morgan fingerprint density at radius 1 is 1.19 bits per heavy atom. The number of nitrogens with zero attached hydrogens (tertiary/aromatic N) is 5. The number of aromatic nitrogens is 3. The Balaban J connectivity index is 1.59. The molecule has 0 aromatic carbocycles. The van der Waals surface area contributed by atoms with Crippen molar-refractivity contribution < 1.29 is 9.53 Å². The van der Waals surface area contributed by atoms with Crippen molar-refractivity contribution in [3.63, 3.8) is 0 Å². The fourth-order valence-corrected chi connectivity index (χ4v) is 3.60. The average Bonchev–Trinajstić information content (AvgIpc) is 2.93. The summed E-state index contributed by atoms with van der Waals surface area (Å²) in [7, 11) is 1.62. The highest BCUT2D eigenvalue weighted by molar-refractivity contribution is 5.73. The van der Waals surface area contributed by atoms with Crippen LogP contribution in [-0.2, 0) is 17.9 Å². The number of likely N-dealkylation sites (tertiary alicyclic amines) is 1. The Labute approximate surface area is 160 Å². The van der Waals surface area contributed by atoms with E-state index in [0.717, 1.165) is 44.5 Å². The quantitative estimate of drug-likeness (QED) is 0.778. The van der Waals surface area contributed by atoms with Gasteiger partial charge in [-0.15, -0.1) is 0 Å². The summed E-state index contributed by atoms with van der Waals surface area (Å²) in [6.07, 6.45) is 10.0. The predicted octanol–water partition coefficient (Wildman–Crippen LogP) is 2.28. The van der Waals surface area contributed by atoms with E-state index in [1.807, 2.05) is 17.2 Å². The molecule has 1 fully saturated rings. The average molecular weight is 369 g/mol. The molecular formula is C20H27N5O2. The van der Waals surface area contributed by atoms with Crippen LogP contribution in [0.1, 0.15) is 37.3 Å². The normalized spacial score (nSPS) is 17.9. The van der Waals surface area contributed by atoms with Crippen molar-refractivity contribution in [1.82, 2.24) is 24.8 Å². The lowest BCUT2D eigenvalue weighted by Crippen LogP contribution is -2.39. The number of methoxy groups -OCH3 is 1. The molecule has 1 aliphatic heterocycles. The van der Waals surface area contributed by atoms with Gasteiger partial charge < -0.3 is 9.64 Å². The Kier molecular flexibility index (Phi) is 6.70. The van der Waals surface area contributed by atoms with E-state index in [1.165, 1.54) is 11.9 Å². The van der Waals surface area contributed by atoms with Crippen LogP contribution in [-0.4, -0.2) is 56.9 Å². The fraction of sp³-hybridized carbons (Fsp3) is 0.500. The van der Waals surface area contributed by atoms with Gasteiger partial charge in [0, 0.05) is 62.8 Å². The van der Waals surface area contributed by atoms with Gasteiger partial charge in [-0.2, -0.15) is 0 Å². The van der Waals surface area contributed by atoms with Crippen LogP contribution in [0.5, 0.6) is 5.88 Å². The van der Waals surface area contributed by atoms with Gasteiger partial charge in [-0.05, 0) is 31.4 Å². The third kappa shape index (κ3) is 5.47. The number of hydrogen-bond donors (Lipinski definition) is 0. The van der Waals surface area contributed by atoms with Crippen molar-refractivity contribution in [2.45, 2.75) is 45.3 Å². The first kappa shape index (κ1) is 19.2. The summed E-state index contributed by atoms with van der Waals surface area (Å²) >= 11 is 0. The monoisotopic (exact) mass is 369 g/mol. The van der Waals surface area contributed by atoms with Crippen LogP contribution in [0.15, 0.2) is 37.1 Å². The molecule has 0 radical (unpaired) electrons. The molecule has 1 atom stereocenters. The van der Waals surface area contributed by atoms with Gasteiger partial charge in [0.2, 0.25) is 11.8 Å². The standard InChI is InChI=1S/C20H27N5O2/c1-16(26)25(14-18-10-21-15-22-11-18)19-4-3-8-24(9-7-19)13-17-5-6-20(27-2)23-12-17/h5-6,10-12,15,19H,3-4,7-9,13-14H2,1-2H3. The molecule has 1 amide bonds. The minimum atomic E-state index is 0.108. The van der Waals surface area contributed by atoms with Gasteiger partial charge in [0.15, 0.2) is 0 Å². The van der Waals surface area contributed by atoms with Gasteiger partial charge in [-0.3, -0.25) is 9.69 Å². The molecule has 0 N–H and O–H groups in total. The third-order valence-electron chi connectivity index (χ3n) is 5.02. The smallest absolute Gasteiger partial charge is 0.219 e. The summed E-state index contributed by atoms with van der Waals surface area (Å²) < 4.78 is 5.12. The van der Waals surface area contributed by atoms with E-state index in [-0.39, 0.29) is 11.9 Å². The molecule has 3 heterocycles. The molecule has 1 saturated heterocycles. The highest BCUT2D eigenvalue weighted by atomic mass is 16.5. The SMILES string of the molecule is COc1ccc(CN2CCCC(N(Cc3cncnc3)C(C)=O)CC2)cn1. The first-order valence-electron chi connectivity index (χ1n) is 9.38. The fourth-order valence-electron chi connectivity index (χ4n) is 3.60. The number of rotatable bonds is 6. The van der Waals surface area contributed by atoms with Crippen LogP contribution in [0, 0.1) is 0 Å². The van der Waals surface area contributed by atoms with Crippen molar-refractivity contribution in [2.24, 2.45) is 0 Å². The van der Waals surface area contributed by atoms with Gasteiger partial charge >= 0.3 is 0 Å². The molecule has 27 heavy (non-hydrogen) atoms. The molecule has 144 valence electrons. The van der Waals surface area contributed by atoms with E-state index < -0.39 is 0 Å². The van der Waals surface area contributed by atoms with Gasteiger partial charge in [-0.25, -0.2) is 15.0 Å². The number of hydrogen-bond acceptors (Lipinski definition) is 6. The van der Waals surface area contributed by atoms with E-state index in [9.17, 15) is 4.79 Å². The van der Waals surface area contributed by atoms with Crippen molar-refractivity contribution in [3.8, 4) is 5.88 Å². The summed E-state index contributed by atoms with van der Waals surface area (Å²) in [6.45, 7) is 5.09. The van der Waals surface area contributed by atoms with Crippen molar-refractivity contribution >= 4 is 5.91 Å². The maximum absolute atomic E-state index is 12.2. The Morgan fingerprint density at radius 3 is 2.67 bits per heavy atom. The number of amides is 1. The second-order valence-corrected chi connectivity index (χ2v) is 6.96. The molecular weight excluding hydrogens is 342 g/mol. The number of pyridine rings is 1. The van der Waals surface area contributed by atoms with Crippen LogP contribution >= 0.6 is 0 Å². The minimum absolute atomic E-state index is 0.108. The van der Waals surface area contributed by atoms with E-state index >= 15 is 0 Å². The van der Waals surface area contributed by atoms with Gasteiger partial charge in [0.05, 0.1) is 7.11 Å². The van der Waals surface area contributed by atoms with Crippen LogP contribution in [0.4, 0.5) is 0 Å². The third-order valence-corrected chi connectivity index (χ3v) is 5.02. The maximum Gasteiger partial charge on any atom is 0.219 e. The van der Waals surface area contributed by atoms with E-state index in [0.29, 0.717) is 12.4 Å². The lowest BCUT2D eigenvalue weighted by atomic mass is 10.1. The lowest BCUT2D eigenvalue weighted by Gasteiger charge is -2.30. The number of carbonyl (C=O) groups excluding carboxylic acids is 1. The molecule has 2 aromatic heterocycles. The predicted molar refractivity (Wildman–Crippen MR) is 102 cm³/mol. The molecule has 0 aliphatic carbocycles. The minimum Gasteiger partial charge on any atom is -0.481 e. The van der Waals surface area contributed by atoms with E-state index in [2.05, 4.69) is 25.9 Å². The highest BCUT2D eigenvalue weighted by Crippen LogP contribution is 2.21. The molecule has 3 rings (SSSR count). The number of carbonyl (C=O) groups is 1. The zero-order chi connectivity index (χ0) is 19.1. The summed E-state index contributed by atoms with van der Waals surface area (Å²) in [5.74, 6) is 0.744. The summed E-state index contributed by atoms with van der Waals surface area (Å²) in [6, 6.07) is 4.21. The van der Waals surface area contributed by atoms with Crippen molar-refractivity contribution in [3.05, 3.63) is 48.2 Å². The second kappa shape index (κ2) is 9.41. The molecule has 2 aromatic rings. The van der Waals surface area contributed by atoms with Crippen LogP contribution < -0.4 is 4.74 Å². The van der Waals surface area contributed by atoms with Crippen molar-refractivity contribution in [1.29, 1.82) is 0 Å². The molecule has 7 heteroatoms. The molecule has 1 aliphatic rings. The van der Waals surface area contributed by atoms with Crippen LogP contribution in [0.3, 0.4) is 0 Å². The molecule has 1 unspecified atom stereocenters. The Hall–Kier alpha value is -2.54. The van der Waals surface area contributed by atoms with E-state index in [1.54, 1.807) is 26.4 Å². The van der Waals surface area contributed by atoms with Gasteiger partial charge in [-0.1, -0.05) is 6.07 Å². The molecule has 7 nitrogen and oxygen atoms in total. The van der Waals surface area contributed by atoms with E-state index in [4.69, 9.17) is 4.74 Å². The zero-order valence-electron chi connectivity index (χ0n) is 16.0. The van der Waals surface area contributed by atoms with Crippen LogP contribution in [0.25, 0.3) is 0 Å². The van der Waals surface area contributed by atoms with Crippen molar-refractivity contribution in [2.75, 3.05) is 20.2 Å². The summed E-state index contributed by atoms with van der Waals surface area (Å²) in [5.41, 5.74) is 2.15. The highest BCUT2D eigenvalue weighted by Gasteiger charge is 2.25. The Bertz CT molecular complexity index is 723. The lowest BCUT2D eigenvalue weighted by molar-refractivity contribution is -0.132. The second-order valence-electron chi connectivity index (χ2n) is 6.96. The summed E-state index contributed by atoms with van der Waals surface area (Å²) in [5, 5.41) is 0. The topological polar surface area (TPSA) is 71.5 Å². The van der Waals surface area contributed by atoms with Gasteiger partial charge in [0.1, 0.15) is 6.33 Å². The largest absolute Gasteiger partial charge is 0.481 e. The molecule has 0 spiro atoms. The van der Waals surface area contributed by atoms with Crippen LogP contribution in [0.2, 0.25) is 0 Å².